The number of aromatic nitrogens is 3. The SMILES string of the molecule is COc1ccc(Nc2cnnc(Nc3ccc(OC)c(Cl)c3)n2)c(OC)c1. The highest BCUT2D eigenvalue weighted by atomic mass is 35.5. The van der Waals surface area contributed by atoms with Crippen molar-refractivity contribution in [1.29, 1.82) is 0 Å². The molecule has 1 aromatic heterocycles. The van der Waals surface area contributed by atoms with Gasteiger partial charge in [-0.25, -0.2) is 0 Å². The van der Waals surface area contributed by atoms with Crippen LogP contribution in [0, 0.1) is 0 Å². The number of halogens is 1. The maximum Gasteiger partial charge on any atom is 0.249 e. The van der Waals surface area contributed by atoms with Gasteiger partial charge >= 0.3 is 0 Å². The molecule has 0 saturated carbocycles. The summed E-state index contributed by atoms with van der Waals surface area (Å²) in [5.41, 5.74) is 1.43. The van der Waals surface area contributed by atoms with E-state index in [0.717, 1.165) is 5.69 Å². The number of benzene rings is 2. The van der Waals surface area contributed by atoms with Gasteiger partial charge in [-0.05, 0) is 30.3 Å². The van der Waals surface area contributed by atoms with Gasteiger partial charge in [0.15, 0.2) is 5.82 Å². The summed E-state index contributed by atoms with van der Waals surface area (Å²) in [5, 5.41) is 14.6. The van der Waals surface area contributed by atoms with Crippen molar-refractivity contribution in [3.63, 3.8) is 0 Å². The summed E-state index contributed by atoms with van der Waals surface area (Å²) in [5.74, 6) is 2.70. The molecular weight excluding hydrogens is 370 g/mol. The molecule has 0 bridgehead atoms. The predicted octanol–water partition coefficient (Wildman–Crippen LogP) is 4.04. The van der Waals surface area contributed by atoms with E-state index in [-0.39, 0.29) is 0 Å². The molecule has 27 heavy (non-hydrogen) atoms. The van der Waals surface area contributed by atoms with Crippen molar-refractivity contribution >= 4 is 34.7 Å². The summed E-state index contributed by atoms with van der Waals surface area (Å²) in [6, 6.07) is 10.7. The zero-order chi connectivity index (χ0) is 19.2. The third-order valence-corrected chi connectivity index (χ3v) is 3.93. The van der Waals surface area contributed by atoms with Crippen molar-refractivity contribution in [3.8, 4) is 17.2 Å². The second-order valence-corrected chi connectivity index (χ2v) is 5.74. The lowest BCUT2D eigenvalue weighted by Crippen LogP contribution is -2.03. The van der Waals surface area contributed by atoms with Crippen LogP contribution in [0.4, 0.5) is 23.1 Å². The van der Waals surface area contributed by atoms with Gasteiger partial charge < -0.3 is 24.8 Å². The third-order valence-electron chi connectivity index (χ3n) is 3.64. The molecule has 3 aromatic rings. The molecule has 1 heterocycles. The fraction of sp³-hybridized carbons (Fsp3) is 0.167. The number of rotatable bonds is 7. The maximum absolute atomic E-state index is 6.13. The summed E-state index contributed by atoms with van der Waals surface area (Å²) < 4.78 is 15.7. The molecule has 0 radical (unpaired) electrons. The van der Waals surface area contributed by atoms with Crippen molar-refractivity contribution in [2.45, 2.75) is 0 Å². The molecule has 9 heteroatoms. The second-order valence-electron chi connectivity index (χ2n) is 5.33. The molecule has 140 valence electrons. The van der Waals surface area contributed by atoms with Crippen LogP contribution in [0.3, 0.4) is 0 Å². The van der Waals surface area contributed by atoms with Crippen LogP contribution in [0.25, 0.3) is 0 Å². The van der Waals surface area contributed by atoms with E-state index in [0.29, 0.717) is 39.7 Å². The zero-order valence-corrected chi connectivity index (χ0v) is 15.7. The Morgan fingerprint density at radius 1 is 0.889 bits per heavy atom. The van der Waals surface area contributed by atoms with Gasteiger partial charge in [0.1, 0.15) is 17.2 Å². The van der Waals surface area contributed by atoms with Crippen LogP contribution in [-0.4, -0.2) is 36.5 Å². The minimum atomic E-state index is 0.314. The van der Waals surface area contributed by atoms with E-state index < -0.39 is 0 Å². The van der Waals surface area contributed by atoms with Crippen LogP contribution in [0.15, 0.2) is 42.6 Å². The average Bonchev–Trinajstić information content (AvgIpc) is 2.69. The number of nitrogens with zero attached hydrogens (tertiary/aromatic N) is 3. The van der Waals surface area contributed by atoms with Crippen molar-refractivity contribution in [2.75, 3.05) is 32.0 Å². The molecule has 0 aliphatic carbocycles. The van der Waals surface area contributed by atoms with Crippen LogP contribution < -0.4 is 24.8 Å². The van der Waals surface area contributed by atoms with Gasteiger partial charge in [-0.3, -0.25) is 0 Å². The Labute approximate surface area is 161 Å². The Kier molecular flexibility index (Phi) is 5.77. The summed E-state index contributed by atoms with van der Waals surface area (Å²) in [7, 11) is 4.74. The molecule has 8 nitrogen and oxygen atoms in total. The summed E-state index contributed by atoms with van der Waals surface area (Å²) in [4.78, 5) is 4.40. The molecule has 0 atom stereocenters. The highest BCUT2D eigenvalue weighted by Crippen LogP contribution is 2.31. The van der Waals surface area contributed by atoms with Crippen LogP contribution >= 0.6 is 11.6 Å². The van der Waals surface area contributed by atoms with E-state index in [1.165, 1.54) is 6.20 Å². The Hall–Kier alpha value is -3.26. The van der Waals surface area contributed by atoms with Crippen LogP contribution in [0.2, 0.25) is 5.02 Å². The van der Waals surface area contributed by atoms with E-state index >= 15 is 0 Å². The Bertz CT molecular complexity index is 939. The lowest BCUT2D eigenvalue weighted by molar-refractivity contribution is 0.395. The number of methoxy groups -OCH3 is 3. The minimum Gasteiger partial charge on any atom is -0.497 e. The van der Waals surface area contributed by atoms with Crippen molar-refractivity contribution in [3.05, 3.63) is 47.6 Å². The number of ether oxygens (including phenoxy) is 3. The molecule has 0 aliphatic rings. The summed E-state index contributed by atoms with van der Waals surface area (Å²) in [6.45, 7) is 0. The van der Waals surface area contributed by atoms with E-state index in [9.17, 15) is 0 Å². The number of nitrogens with one attached hydrogen (secondary N) is 2. The Balaban J connectivity index is 1.79. The molecule has 2 N–H and O–H groups in total. The molecule has 0 unspecified atom stereocenters. The monoisotopic (exact) mass is 387 g/mol. The van der Waals surface area contributed by atoms with Crippen LogP contribution in [-0.2, 0) is 0 Å². The number of anilines is 4. The maximum atomic E-state index is 6.13. The van der Waals surface area contributed by atoms with E-state index in [1.54, 1.807) is 45.6 Å². The van der Waals surface area contributed by atoms with Gasteiger partial charge in [-0.2, -0.15) is 10.1 Å². The summed E-state index contributed by atoms with van der Waals surface area (Å²) in [6.07, 6.45) is 1.51. The largest absolute Gasteiger partial charge is 0.497 e. The first-order valence-corrected chi connectivity index (χ1v) is 8.30. The standard InChI is InChI=1S/C18H18ClN5O3/c1-25-12-5-6-14(16(9-12)27-3)22-17-10-20-24-18(23-17)21-11-4-7-15(26-2)13(19)8-11/h4-10H,1-3H3,(H2,21,22,23,24). The van der Waals surface area contributed by atoms with Gasteiger partial charge in [-0.15, -0.1) is 5.10 Å². The fourth-order valence-corrected chi connectivity index (χ4v) is 2.59. The van der Waals surface area contributed by atoms with Crippen molar-refractivity contribution in [2.24, 2.45) is 0 Å². The predicted molar refractivity (Wildman–Crippen MR) is 104 cm³/mol. The molecule has 0 fully saturated rings. The van der Waals surface area contributed by atoms with Crippen molar-refractivity contribution < 1.29 is 14.2 Å². The fourth-order valence-electron chi connectivity index (χ4n) is 2.33. The van der Waals surface area contributed by atoms with Gasteiger partial charge in [0, 0.05) is 11.8 Å². The van der Waals surface area contributed by atoms with E-state index in [2.05, 4.69) is 25.8 Å². The second kappa shape index (κ2) is 8.41. The molecule has 0 aliphatic heterocycles. The lowest BCUT2D eigenvalue weighted by atomic mass is 10.2. The molecular formula is C18H18ClN5O3. The van der Waals surface area contributed by atoms with Crippen LogP contribution in [0.1, 0.15) is 0 Å². The molecule has 3 rings (SSSR count). The molecule has 2 aromatic carbocycles. The molecule has 0 amide bonds. The normalized spacial score (nSPS) is 10.2. The van der Waals surface area contributed by atoms with Gasteiger partial charge in [0.25, 0.3) is 0 Å². The average molecular weight is 388 g/mol. The molecule has 0 spiro atoms. The first-order valence-electron chi connectivity index (χ1n) is 7.92. The smallest absolute Gasteiger partial charge is 0.249 e. The first kappa shape index (κ1) is 18.5. The lowest BCUT2D eigenvalue weighted by Gasteiger charge is -2.12. The summed E-state index contributed by atoms with van der Waals surface area (Å²) >= 11 is 6.13. The number of hydrogen-bond donors (Lipinski definition) is 2. The quantitative estimate of drug-likeness (QED) is 0.627. The van der Waals surface area contributed by atoms with Gasteiger partial charge in [-0.1, -0.05) is 11.6 Å². The Morgan fingerprint density at radius 2 is 1.70 bits per heavy atom. The number of hydrogen-bond acceptors (Lipinski definition) is 8. The van der Waals surface area contributed by atoms with Gasteiger partial charge in [0.05, 0.1) is 38.2 Å². The van der Waals surface area contributed by atoms with Crippen LogP contribution in [0.5, 0.6) is 17.2 Å². The highest BCUT2D eigenvalue weighted by molar-refractivity contribution is 6.32. The topological polar surface area (TPSA) is 90.4 Å². The minimum absolute atomic E-state index is 0.314. The highest BCUT2D eigenvalue weighted by Gasteiger charge is 2.08. The Morgan fingerprint density at radius 3 is 2.41 bits per heavy atom. The van der Waals surface area contributed by atoms with E-state index in [4.69, 9.17) is 25.8 Å². The van der Waals surface area contributed by atoms with Crippen molar-refractivity contribution in [1.82, 2.24) is 15.2 Å². The molecule has 0 saturated heterocycles. The van der Waals surface area contributed by atoms with E-state index in [1.807, 2.05) is 12.1 Å². The third kappa shape index (κ3) is 4.48. The zero-order valence-electron chi connectivity index (χ0n) is 15.0. The first-order chi connectivity index (χ1) is 13.1. The van der Waals surface area contributed by atoms with Gasteiger partial charge in [0.2, 0.25) is 5.95 Å².